The topological polar surface area (TPSA) is 41.1 Å². The van der Waals surface area contributed by atoms with Crippen LogP contribution in [0, 0.1) is 5.41 Å². The van der Waals surface area contributed by atoms with Gasteiger partial charge in [-0.05, 0) is 37.6 Å². The molecule has 0 radical (unpaired) electrons. The number of carbonyl (C=O) groups excluding carboxylic acids is 1. The molecule has 0 bridgehead atoms. The third-order valence-corrected chi connectivity index (χ3v) is 3.34. The van der Waals surface area contributed by atoms with Gasteiger partial charge in [0.25, 0.3) is 0 Å². The number of amides is 1. The van der Waals surface area contributed by atoms with Gasteiger partial charge < -0.3 is 10.6 Å². The van der Waals surface area contributed by atoms with Crippen LogP contribution in [0.3, 0.4) is 0 Å². The van der Waals surface area contributed by atoms with Gasteiger partial charge in [-0.1, -0.05) is 23.2 Å². The molecule has 0 saturated carbocycles. The fourth-order valence-corrected chi connectivity index (χ4v) is 1.99. The summed E-state index contributed by atoms with van der Waals surface area (Å²) in [7, 11) is 1.64. The second kappa shape index (κ2) is 6.41. The van der Waals surface area contributed by atoms with Gasteiger partial charge in [-0.2, -0.15) is 0 Å². The number of nitrogens with one attached hydrogen (secondary N) is 2. The first-order valence-corrected chi connectivity index (χ1v) is 6.49. The first-order chi connectivity index (χ1) is 8.36. The molecule has 1 rings (SSSR count). The van der Waals surface area contributed by atoms with Crippen molar-refractivity contribution in [3.8, 4) is 0 Å². The summed E-state index contributed by atoms with van der Waals surface area (Å²) in [6, 6.07) is 5.34. The van der Waals surface area contributed by atoms with E-state index in [-0.39, 0.29) is 5.91 Å². The minimum atomic E-state index is -0.459. The van der Waals surface area contributed by atoms with E-state index in [1.54, 1.807) is 19.2 Å². The highest BCUT2D eigenvalue weighted by molar-refractivity contribution is 6.33. The summed E-state index contributed by atoms with van der Waals surface area (Å²) in [6.45, 7) is 4.92. The fourth-order valence-electron chi connectivity index (χ4n) is 1.61. The Hall–Kier alpha value is -0.770. The van der Waals surface area contributed by atoms with Gasteiger partial charge >= 0.3 is 0 Å². The minimum absolute atomic E-state index is 0.00666. The van der Waals surface area contributed by atoms with Crippen LogP contribution in [-0.4, -0.2) is 19.5 Å². The van der Waals surface area contributed by atoms with E-state index in [9.17, 15) is 4.79 Å². The zero-order valence-electron chi connectivity index (χ0n) is 10.8. The summed E-state index contributed by atoms with van der Waals surface area (Å²) in [5, 5.41) is 7.19. The first kappa shape index (κ1) is 15.3. The number of carbonyl (C=O) groups is 1. The van der Waals surface area contributed by atoms with Gasteiger partial charge in [0, 0.05) is 30.2 Å². The lowest BCUT2D eigenvalue weighted by Gasteiger charge is -2.23. The molecule has 0 spiro atoms. The maximum Gasteiger partial charge on any atom is 0.226 e. The molecule has 0 aliphatic heterocycles. The van der Waals surface area contributed by atoms with Gasteiger partial charge in [-0.25, -0.2) is 0 Å². The van der Waals surface area contributed by atoms with Crippen LogP contribution in [0.4, 0.5) is 0 Å². The van der Waals surface area contributed by atoms with Gasteiger partial charge in [0.05, 0.1) is 5.41 Å². The van der Waals surface area contributed by atoms with E-state index >= 15 is 0 Å². The van der Waals surface area contributed by atoms with Gasteiger partial charge in [0.2, 0.25) is 5.91 Å². The first-order valence-electron chi connectivity index (χ1n) is 5.73. The third-order valence-electron chi connectivity index (χ3n) is 2.73. The van der Waals surface area contributed by atoms with Crippen LogP contribution in [0.15, 0.2) is 18.2 Å². The van der Waals surface area contributed by atoms with Crippen molar-refractivity contribution in [2.24, 2.45) is 5.41 Å². The summed E-state index contributed by atoms with van der Waals surface area (Å²) >= 11 is 12.0. The second-order valence-electron chi connectivity index (χ2n) is 4.80. The van der Waals surface area contributed by atoms with E-state index in [1.165, 1.54) is 0 Å². The molecule has 0 fully saturated rings. The van der Waals surface area contributed by atoms with Crippen molar-refractivity contribution < 1.29 is 4.79 Å². The Labute approximate surface area is 118 Å². The number of halogens is 2. The maximum atomic E-state index is 11.6. The van der Waals surface area contributed by atoms with E-state index < -0.39 is 5.41 Å². The van der Waals surface area contributed by atoms with Crippen LogP contribution in [-0.2, 0) is 11.3 Å². The Kier molecular flexibility index (Phi) is 5.45. The van der Waals surface area contributed by atoms with Crippen LogP contribution >= 0.6 is 23.2 Å². The van der Waals surface area contributed by atoms with Crippen LogP contribution in [0.25, 0.3) is 0 Å². The summed E-state index contributed by atoms with van der Waals surface area (Å²) < 4.78 is 0. The van der Waals surface area contributed by atoms with Crippen molar-refractivity contribution in [2.45, 2.75) is 20.4 Å². The number of benzene rings is 1. The van der Waals surface area contributed by atoms with Crippen molar-refractivity contribution in [1.29, 1.82) is 0 Å². The summed E-state index contributed by atoms with van der Waals surface area (Å²) in [4.78, 5) is 11.6. The molecule has 0 saturated heterocycles. The monoisotopic (exact) mass is 288 g/mol. The lowest BCUT2D eigenvalue weighted by molar-refractivity contribution is -0.128. The van der Waals surface area contributed by atoms with Gasteiger partial charge in [0.1, 0.15) is 0 Å². The normalized spacial score (nSPS) is 11.4. The quantitative estimate of drug-likeness (QED) is 0.875. The van der Waals surface area contributed by atoms with Crippen LogP contribution in [0.2, 0.25) is 10.0 Å². The molecular formula is C13H18Cl2N2O. The Balaban J connectivity index is 2.56. The average molecular weight is 289 g/mol. The van der Waals surface area contributed by atoms with E-state index in [4.69, 9.17) is 23.2 Å². The van der Waals surface area contributed by atoms with Crippen molar-refractivity contribution >= 4 is 29.1 Å². The smallest absolute Gasteiger partial charge is 0.226 e. The SMILES string of the molecule is CNC(=O)C(C)(C)CNCc1cc(Cl)ccc1Cl. The molecule has 3 nitrogen and oxygen atoms in total. The molecule has 0 aliphatic rings. The highest BCUT2D eigenvalue weighted by atomic mass is 35.5. The number of rotatable bonds is 5. The second-order valence-corrected chi connectivity index (χ2v) is 5.65. The maximum absolute atomic E-state index is 11.6. The van der Waals surface area contributed by atoms with E-state index in [0.29, 0.717) is 23.1 Å². The Morgan fingerprint density at radius 1 is 1.33 bits per heavy atom. The van der Waals surface area contributed by atoms with Crippen molar-refractivity contribution in [3.05, 3.63) is 33.8 Å². The summed E-state index contributed by atoms with van der Waals surface area (Å²) in [5.74, 6) is 0.00666. The van der Waals surface area contributed by atoms with Gasteiger partial charge in [-0.3, -0.25) is 4.79 Å². The summed E-state index contributed by atoms with van der Waals surface area (Å²) in [6.07, 6.45) is 0. The summed E-state index contributed by atoms with van der Waals surface area (Å²) in [5.41, 5.74) is 0.469. The molecule has 0 atom stereocenters. The molecule has 0 heterocycles. The average Bonchev–Trinajstić information content (AvgIpc) is 2.32. The lowest BCUT2D eigenvalue weighted by atomic mass is 9.92. The van der Waals surface area contributed by atoms with E-state index in [2.05, 4.69) is 10.6 Å². The molecule has 0 aliphatic carbocycles. The zero-order valence-corrected chi connectivity index (χ0v) is 12.3. The van der Waals surface area contributed by atoms with Crippen molar-refractivity contribution in [3.63, 3.8) is 0 Å². The molecule has 1 amide bonds. The van der Waals surface area contributed by atoms with E-state index in [1.807, 2.05) is 19.9 Å². The lowest BCUT2D eigenvalue weighted by Crippen LogP contribution is -2.41. The molecular weight excluding hydrogens is 271 g/mol. The highest BCUT2D eigenvalue weighted by Gasteiger charge is 2.25. The van der Waals surface area contributed by atoms with Gasteiger partial charge in [0.15, 0.2) is 0 Å². The molecule has 0 unspecified atom stereocenters. The molecule has 100 valence electrons. The molecule has 0 aromatic heterocycles. The van der Waals surface area contributed by atoms with Crippen LogP contribution in [0.1, 0.15) is 19.4 Å². The molecule has 5 heteroatoms. The standard InChI is InChI=1S/C13H18Cl2N2O/c1-13(2,12(18)16-3)8-17-7-9-6-10(14)4-5-11(9)15/h4-6,17H,7-8H2,1-3H3,(H,16,18). The fraction of sp³-hybridized carbons (Fsp3) is 0.462. The largest absolute Gasteiger partial charge is 0.359 e. The predicted octanol–water partition coefficient (Wildman–Crippen LogP) is 2.86. The Morgan fingerprint density at radius 2 is 2.00 bits per heavy atom. The third kappa shape index (κ3) is 4.16. The zero-order chi connectivity index (χ0) is 13.8. The predicted molar refractivity (Wildman–Crippen MR) is 76.0 cm³/mol. The Bertz CT molecular complexity index is 433. The number of hydrogen-bond donors (Lipinski definition) is 2. The van der Waals surface area contributed by atoms with Crippen molar-refractivity contribution in [1.82, 2.24) is 10.6 Å². The van der Waals surface area contributed by atoms with Crippen molar-refractivity contribution in [2.75, 3.05) is 13.6 Å². The van der Waals surface area contributed by atoms with Gasteiger partial charge in [-0.15, -0.1) is 0 Å². The molecule has 18 heavy (non-hydrogen) atoms. The minimum Gasteiger partial charge on any atom is -0.359 e. The van der Waals surface area contributed by atoms with Crippen LogP contribution < -0.4 is 10.6 Å². The highest BCUT2D eigenvalue weighted by Crippen LogP contribution is 2.21. The number of hydrogen-bond acceptors (Lipinski definition) is 2. The molecule has 1 aromatic carbocycles. The molecule has 1 aromatic rings. The molecule has 2 N–H and O–H groups in total. The Morgan fingerprint density at radius 3 is 2.61 bits per heavy atom. The van der Waals surface area contributed by atoms with E-state index in [0.717, 1.165) is 5.56 Å². The van der Waals surface area contributed by atoms with Crippen LogP contribution in [0.5, 0.6) is 0 Å².